The summed E-state index contributed by atoms with van der Waals surface area (Å²) in [5, 5.41) is 13.1. The van der Waals surface area contributed by atoms with E-state index in [0.717, 1.165) is 21.5 Å². The SMILES string of the molecule is Cc1ccc(S(=O)(=O)N/C(C#N)=C/[P+](c2ccccc2)(c2ccccc2)c2ccccc2)cc1.[Cl-]. The first kappa shape index (κ1) is 26.2. The molecule has 0 aliphatic rings. The quantitative estimate of drug-likeness (QED) is 0.299. The lowest BCUT2D eigenvalue weighted by atomic mass is 10.2. The molecule has 0 aliphatic heterocycles. The monoisotopic (exact) mass is 518 g/mol. The van der Waals surface area contributed by atoms with Crippen molar-refractivity contribution in [2.24, 2.45) is 0 Å². The first-order valence-electron chi connectivity index (χ1n) is 10.7. The molecular formula is C28H24ClN2O2PS. The molecule has 0 heterocycles. The van der Waals surface area contributed by atoms with Crippen LogP contribution in [0.2, 0.25) is 0 Å². The summed E-state index contributed by atoms with van der Waals surface area (Å²) in [5.41, 5.74) is 0.947. The van der Waals surface area contributed by atoms with Crippen molar-refractivity contribution in [2.45, 2.75) is 11.8 Å². The highest BCUT2D eigenvalue weighted by atomic mass is 35.5. The number of nitrogens with zero attached hydrogens (tertiary/aromatic N) is 1. The Hall–Kier alpha value is -3.42. The van der Waals surface area contributed by atoms with Gasteiger partial charge in [-0.1, -0.05) is 72.3 Å². The smallest absolute Gasteiger partial charge is 0.262 e. The number of halogens is 1. The predicted octanol–water partition coefficient (Wildman–Crippen LogP) is 1.64. The molecule has 0 bridgehead atoms. The van der Waals surface area contributed by atoms with E-state index in [1.807, 2.05) is 104 Å². The molecule has 0 saturated carbocycles. The van der Waals surface area contributed by atoms with E-state index in [1.165, 1.54) is 0 Å². The molecule has 35 heavy (non-hydrogen) atoms. The number of hydrogen-bond acceptors (Lipinski definition) is 3. The Morgan fingerprint density at radius 3 is 1.51 bits per heavy atom. The van der Waals surface area contributed by atoms with Crippen LogP contribution in [0.4, 0.5) is 0 Å². The number of benzene rings is 4. The van der Waals surface area contributed by atoms with E-state index in [4.69, 9.17) is 0 Å². The third kappa shape index (κ3) is 5.63. The lowest BCUT2D eigenvalue weighted by Crippen LogP contribution is -3.00. The molecule has 0 saturated heterocycles. The summed E-state index contributed by atoms with van der Waals surface area (Å²) in [6.45, 7) is 1.89. The zero-order valence-electron chi connectivity index (χ0n) is 19.0. The Balaban J connectivity index is 0.00000342. The molecule has 176 valence electrons. The van der Waals surface area contributed by atoms with Crippen LogP contribution in [0.5, 0.6) is 0 Å². The van der Waals surface area contributed by atoms with Crippen LogP contribution < -0.4 is 33.0 Å². The van der Waals surface area contributed by atoms with Gasteiger partial charge in [-0.3, -0.25) is 4.72 Å². The minimum Gasteiger partial charge on any atom is -1.00 e. The van der Waals surface area contributed by atoms with Crippen molar-refractivity contribution in [2.75, 3.05) is 0 Å². The van der Waals surface area contributed by atoms with Gasteiger partial charge < -0.3 is 12.4 Å². The van der Waals surface area contributed by atoms with Crippen molar-refractivity contribution in [3.8, 4) is 6.07 Å². The van der Waals surface area contributed by atoms with Gasteiger partial charge in [0.15, 0.2) is 5.70 Å². The molecule has 0 amide bonds. The topological polar surface area (TPSA) is 70.0 Å². The normalized spacial score (nSPS) is 11.7. The highest BCUT2D eigenvalue weighted by Gasteiger charge is 2.44. The summed E-state index contributed by atoms with van der Waals surface area (Å²) in [5.74, 6) is 1.82. The van der Waals surface area contributed by atoms with Crippen LogP contribution in [-0.2, 0) is 10.0 Å². The van der Waals surface area contributed by atoms with Gasteiger partial charge in [-0.15, -0.1) is 0 Å². The van der Waals surface area contributed by atoms with Gasteiger partial charge in [0, 0.05) is 0 Å². The fraction of sp³-hybridized carbons (Fsp3) is 0.0357. The summed E-state index contributed by atoms with van der Waals surface area (Å²) < 4.78 is 28.8. The molecule has 0 aromatic heterocycles. The number of allylic oxidation sites excluding steroid dienone is 1. The number of rotatable bonds is 7. The average Bonchev–Trinajstić information content (AvgIpc) is 2.88. The lowest BCUT2D eigenvalue weighted by Gasteiger charge is -2.24. The second-order valence-corrected chi connectivity index (χ2v) is 12.7. The number of nitriles is 1. The van der Waals surface area contributed by atoms with Crippen LogP contribution in [0, 0.1) is 18.3 Å². The minimum absolute atomic E-state index is 0. The van der Waals surface area contributed by atoms with Crippen molar-refractivity contribution in [3.63, 3.8) is 0 Å². The van der Waals surface area contributed by atoms with Gasteiger partial charge in [0.2, 0.25) is 0 Å². The zero-order chi connectivity index (χ0) is 24.0. The van der Waals surface area contributed by atoms with Gasteiger partial charge in [-0.25, -0.2) is 8.42 Å². The molecule has 1 N–H and O–H groups in total. The summed E-state index contributed by atoms with van der Waals surface area (Å²) in [6.07, 6.45) is 0. The Morgan fingerprint density at radius 2 is 1.14 bits per heavy atom. The van der Waals surface area contributed by atoms with Gasteiger partial charge in [0.1, 0.15) is 35.1 Å². The van der Waals surface area contributed by atoms with E-state index >= 15 is 0 Å². The van der Waals surface area contributed by atoms with Crippen LogP contribution in [0.15, 0.2) is 132 Å². The van der Waals surface area contributed by atoms with Gasteiger partial charge in [-0.05, 0) is 55.5 Å². The molecule has 4 aromatic rings. The third-order valence-corrected chi connectivity index (χ3v) is 10.9. The van der Waals surface area contributed by atoms with E-state index in [0.29, 0.717) is 0 Å². The third-order valence-electron chi connectivity index (χ3n) is 5.51. The molecule has 0 spiro atoms. The first-order chi connectivity index (χ1) is 16.5. The summed E-state index contributed by atoms with van der Waals surface area (Å²) in [4.78, 5) is 0.113. The molecule has 0 atom stereocenters. The van der Waals surface area contributed by atoms with Crippen LogP contribution in [-0.4, -0.2) is 8.42 Å². The Morgan fingerprint density at radius 1 is 0.743 bits per heavy atom. The largest absolute Gasteiger partial charge is 1.00 e. The Kier molecular flexibility index (Phi) is 8.48. The predicted molar refractivity (Wildman–Crippen MR) is 140 cm³/mol. The maximum absolute atomic E-state index is 13.1. The molecule has 7 heteroatoms. The van der Waals surface area contributed by atoms with Crippen molar-refractivity contribution in [1.82, 2.24) is 4.72 Å². The molecule has 0 fully saturated rings. The maximum Gasteiger partial charge on any atom is 0.262 e. The number of hydrogen-bond donors (Lipinski definition) is 1. The highest BCUT2D eigenvalue weighted by molar-refractivity contribution is 7.98. The summed E-state index contributed by atoms with van der Waals surface area (Å²) >= 11 is 0. The van der Waals surface area contributed by atoms with Gasteiger partial charge in [0.05, 0.1) is 4.90 Å². The van der Waals surface area contributed by atoms with Crippen molar-refractivity contribution in [3.05, 3.63) is 132 Å². The second kappa shape index (κ2) is 11.3. The van der Waals surface area contributed by atoms with E-state index in [2.05, 4.69) is 10.8 Å². The van der Waals surface area contributed by atoms with Crippen LogP contribution in [0.1, 0.15) is 5.56 Å². The van der Waals surface area contributed by atoms with E-state index in [9.17, 15) is 13.7 Å². The van der Waals surface area contributed by atoms with Crippen molar-refractivity contribution >= 4 is 33.2 Å². The average molecular weight is 519 g/mol. The number of sulfonamides is 1. The molecule has 0 unspecified atom stereocenters. The molecule has 0 aliphatic carbocycles. The number of aryl methyl sites for hydroxylation is 1. The molecular weight excluding hydrogens is 495 g/mol. The van der Waals surface area contributed by atoms with Crippen molar-refractivity contribution in [1.29, 1.82) is 5.26 Å². The Bertz CT molecular complexity index is 1340. The van der Waals surface area contributed by atoms with Crippen LogP contribution in [0.3, 0.4) is 0 Å². The van der Waals surface area contributed by atoms with E-state index < -0.39 is 17.3 Å². The summed E-state index contributed by atoms with van der Waals surface area (Å²) in [6, 6.07) is 38.5. The molecule has 4 rings (SSSR count). The van der Waals surface area contributed by atoms with E-state index in [1.54, 1.807) is 24.3 Å². The minimum atomic E-state index is -3.93. The van der Waals surface area contributed by atoms with Gasteiger partial charge in [0.25, 0.3) is 10.0 Å². The van der Waals surface area contributed by atoms with Gasteiger partial charge >= 0.3 is 0 Å². The van der Waals surface area contributed by atoms with Crippen LogP contribution in [0.25, 0.3) is 0 Å². The van der Waals surface area contributed by atoms with Gasteiger partial charge in [-0.2, -0.15) is 5.26 Å². The molecule has 0 radical (unpaired) electrons. The Labute approximate surface area is 213 Å². The molecule has 4 nitrogen and oxygen atoms in total. The second-order valence-electron chi connectivity index (χ2n) is 7.80. The zero-order valence-corrected chi connectivity index (χ0v) is 21.5. The highest BCUT2D eigenvalue weighted by Crippen LogP contribution is 2.57. The number of nitrogens with one attached hydrogen (secondary N) is 1. The standard InChI is InChI=1S/C28H24N2O2PS.ClH/c1-23-17-19-28(20-18-23)34(31,32)30-24(21-29)22-33(25-11-5-2-6-12-25,26-13-7-3-8-14-26)27-15-9-4-10-16-27;/h2-20,22,30H,1H3;1H/q+1;/p-1/b24-22+;. The lowest BCUT2D eigenvalue weighted by molar-refractivity contribution is -0.00000949. The molecule has 4 aromatic carbocycles. The fourth-order valence-electron chi connectivity index (χ4n) is 3.85. The first-order valence-corrected chi connectivity index (χ1v) is 14.1. The van der Waals surface area contributed by atoms with E-state index in [-0.39, 0.29) is 23.0 Å². The summed E-state index contributed by atoms with van der Waals surface area (Å²) in [7, 11) is -6.45. The van der Waals surface area contributed by atoms with Crippen molar-refractivity contribution < 1.29 is 20.8 Å². The van der Waals surface area contributed by atoms with Crippen LogP contribution >= 0.6 is 7.26 Å². The fourth-order valence-corrected chi connectivity index (χ4v) is 8.73. The maximum atomic E-state index is 13.1.